The molecule has 190 valence electrons. The van der Waals surface area contributed by atoms with E-state index in [9.17, 15) is 0 Å². The number of nitrogens with two attached hydrogens (primary N) is 1. The van der Waals surface area contributed by atoms with Crippen LogP contribution in [0.1, 0.15) is 50.2 Å². The largest absolute Gasteiger partial charge is 0.330 e. The molecule has 4 aromatic rings. The smallest absolute Gasteiger partial charge is 0.124 e. The van der Waals surface area contributed by atoms with Gasteiger partial charge < -0.3 is 14.9 Å². The molecular formula is C29H39N7. The summed E-state index contributed by atoms with van der Waals surface area (Å²) >= 11 is 0. The van der Waals surface area contributed by atoms with E-state index in [0.29, 0.717) is 12.1 Å². The highest BCUT2D eigenvalue weighted by atomic mass is 15.3. The number of para-hydroxylation sites is 4. The van der Waals surface area contributed by atoms with Crippen LogP contribution < -0.4 is 5.73 Å². The van der Waals surface area contributed by atoms with Crippen LogP contribution in [0.5, 0.6) is 0 Å². The van der Waals surface area contributed by atoms with Gasteiger partial charge in [0.1, 0.15) is 11.6 Å². The quantitative estimate of drug-likeness (QED) is 0.358. The fourth-order valence-electron chi connectivity index (χ4n) is 6.58. The van der Waals surface area contributed by atoms with Crippen LogP contribution in [0.25, 0.3) is 22.1 Å². The first-order valence-corrected chi connectivity index (χ1v) is 13.8. The lowest BCUT2D eigenvalue weighted by molar-refractivity contribution is 0.119. The Labute approximate surface area is 213 Å². The molecule has 0 aliphatic carbocycles. The van der Waals surface area contributed by atoms with Crippen LogP contribution in [0.15, 0.2) is 48.5 Å². The van der Waals surface area contributed by atoms with Crippen molar-refractivity contribution in [3.8, 4) is 0 Å². The fourth-order valence-corrected chi connectivity index (χ4v) is 6.58. The molecular weight excluding hydrogens is 446 g/mol. The molecule has 4 heterocycles. The summed E-state index contributed by atoms with van der Waals surface area (Å²) in [5.41, 5.74) is 10.5. The minimum atomic E-state index is 0.583. The number of fused-ring (bicyclic) bond motifs is 2. The van der Waals surface area contributed by atoms with Crippen molar-refractivity contribution in [1.29, 1.82) is 0 Å². The van der Waals surface area contributed by atoms with E-state index in [1.54, 1.807) is 0 Å². The van der Waals surface area contributed by atoms with Crippen molar-refractivity contribution in [2.75, 3.05) is 19.6 Å². The van der Waals surface area contributed by atoms with Gasteiger partial charge in [-0.1, -0.05) is 24.3 Å². The van der Waals surface area contributed by atoms with Crippen molar-refractivity contribution in [2.24, 2.45) is 12.8 Å². The number of benzene rings is 2. The van der Waals surface area contributed by atoms with Crippen LogP contribution in [0, 0.1) is 0 Å². The molecule has 0 amide bonds. The molecule has 0 bridgehead atoms. The zero-order valence-electron chi connectivity index (χ0n) is 21.5. The van der Waals surface area contributed by atoms with E-state index in [2.05, 4.69) is 74.5 Å². The zero-order chi connectivity index (χ0) is 24.5. The van der Waals surface area contributed by atoms with E-state index in [1.807, 2.05) is 0 Å². The molecule has 2 atom stereocenters. The number of aromatic nitrogens is 4. The Bertz CT molecular complexity index is 1320. The van der Waals surface area contributed by atoms with Gasteiger partial charge in [0.05, 0.1) is 35.2 Å². The second-order valence-corrected chi connectivity index (χ2v) is 10.6. The van der Waals surface area contributed by atoms with Crippen LogP contribution in [0.2, 0.25) is 0 Å². The number of hydrogen-bond donors (Lipinski definition) is 1. The van der Waals surface area contributed by atoms with Gasteiger partial charge in [-0.15, -0.1) is 0 Å². The number of hydrogen-bond acceptors (Lipinski definition) is 5. The summed E-state index contributed by atoms with van der Waals surface area (Å²) in [6.07, 6.45) is 7.25. The van der Waals surface area contributed by atoms with Crippen molar-refractivity contribution in [1.82, 2.24) is 28.9 Å². The van der Waals surface area contributed by atoms with Crippen molar-refractivity contribution >= 4 is 22.1 Å². The third kappa shape index (κ3) is 4.44. The molecule has 2 saturated heterocycles. The van der Waals surface area contributed by atoms with Crippen molar-refractivity contribution in [2.45, 2.75) is 70.2 Å². The molecule has 0 radical (unpaired) electrons. The fraction of sp³-hybridized carbons (Fsp3) is 0.517. The summed E-state index contributed by atoms with van der Waals surface area (Å²) in [6.45, 7) is 5.92. The van der Waals surface area contributed by atoms with Crippen LogP contribution in [0.4, 0.5) is 0 Å². The van der Waals surface area contributed by atoms with Crippen LogP contribution in [0.3, 0.4) is 0 Å². The third-order valence-corrected chi connectivity index (χ3v) is 8.41. The van der Waals surface area contributed by atoms with Gasteiger partial charge in [-0.2, -0.15) is 0 Å². The Morgan fingerprint density at radius 2 is 1.36 bits per heavy atom. The van der Waals surface area contributed by atoms with Gasteiger partial charge in [-0.05, 0) is 82.4 Å². The number of nitrogens with zero attached hydrogens (tertiary/aromatic N) is 6. The average Bonchev–Trinajstić information content (AvgIpc) is 3.67. The molecule has 7 nitrogen and oxygen atoms in total. The van der Waals surface area contributed by atoms with Crippen molar-refractivity contribution < 1.29 is 0 Å². The first-order chi connectivity index (χ1) is 17.7. The SMILES string of the molecule is Cn1c(CN2CCC[C@H]2[C@@H]2CCCN2Cc2nc3ccccc3n2CCCCN)nc2ccccc21. The molecule has 0 saturated carbocycles. The Hall–Kier alpha value is -2.74. The monoisotopic (exact) mass is 485 g/mol. The standard InChI is InChI=1S/C29H39N7/c1-33-24-12-4-2-10-22(24)31-28(33)20-34-17-8-14-26(34)27-15-9-18-35(27)21-29-32-23-11-3-5-13-25(23)36(29)19-7-6-16-30/h2-5,10-13,26-27H,6-9,14-21,30H2,1H3/t26-,27-/m0/s1. The normalized spacial score (nSPS) is 21.4. The molecule has 2 fully saturated rings. The number of unbranched alkanes of at least 4 members (excludes halogenated alkanes) is 1. The van der Waals surface area contributed by atoms with Crippen LogP contribution >= 0.6 is 0 Å². The molecule has 2 aliphatic heterocycles. The van der Waals surface area contributed by atoms with Gasteiger partial charge in [0.2, 0.25) is 0 Å². The van der Waals surface area contributed by atoms with Crippen LogP contribution in [-0.4, -0.2) is 60.6 Å². The molecule has 2 aromatic heterocycles. The minimum absolute atomic E-state index is 0.583. The summed E-state index contributed by atoms with van der Waals surface area (Å²) in [6, 6.07) is 18.2. The second-order valence-electron chi connectivity index (χ2n) is 10.6. The molecule has 0 unspecified atom stereocenters. The topological polar surface area (TPSA) is 68.1 Å². The molecule has 0 spiro atoms. The van der Waals surface area contributed by atoms with E-state index in [4.69, 9.17) is 15.7 Å². The zero-order valence-corrected chi connectivity index (χ0v) is 21.5. The van der Waals surface area contributed by atoms with E-state index >= 15 is 0 Å². The molecule has 7 heteroatoms. The van der Waals surface area contributed by atoms with Crippen molar-refractivity contribution in [3.63, 3.8) is 0 Å². The Kier molecular flexibility index (Phi) is 6.78. The lowest BCUT2D eigenvalue weighted by Crippen LogP contribution is -2.46. The number of likely N-dealkylation sites (tertiary alicyclic amines) is 2. The van der Waals surface area contributed by atoms with Gasteiger partial charge in [-0.25, -0.2) is 9.97 Å². The van der Waals surface area contributed by atoms with Gasteiger partial charge in [0.15, 0.2) is 0 Å². The van der Waals surface area contributed by atoms with Gasteiger partial charge in [0.25, 0.3) is 0 Å². The minimum Gasteiger partial charge on any atom is -0.330 e. The molecule has 2 aromatic carbocycles. The molecule has 36 heavy (non-hydrogen) atoms. The first kappa shape index (κ1) is 23.6. The van der Waals surface area contributed by atoms with Crippen molar-refractivity contribution in [3.05, 3.63) is 60.2 Å². The van der Waals surface area contributed by atoms with Crippen LogP contribution in [-0.2, 0) is 26.7 Å². The van der Waals surface area contributed by atoms with E-state index < -0.39 is 0 Å². The van der Waals surface area contributed by atoms with Gasteiger partial charge in [0, 0.05) is 25.7 Å². The molecule has 6 rings (SSSR count). The van der Waals surface area contributed by atoms with E-state index in [-0.39, 0.29) is 0 Å². The predicted molar refractivity (Wildman–Crippen MR) is 146 cm³/mol. The summed E-state index contributed by atoms with van der Waals surface area (Å²) in [4.78, 5) is 15.5. The summed E-state index contributed by atoms with van der Waals surface area (Å²) in [7, 11) is 2.16. The highest BCUT2D eigenvalue weighted by Gasteiger charge is 2.38. The lowest BCUT2D eigenvalue weighted by Gasteiger charge is -2.35. The van der Waals surface area contributed by atoms with E-state index in [0.717, 1.165) is 63.1 Å². The number of imidazole rings is 2. The maximum absolute atomic E-state index is 5.79. The lowest BCUT2D eigenvalue weighted by atomic mass is 10.0. The maximum atomic E-state index is 5.79. The Morgan fingerprint density at radius 1 is 0.778 bits per heavy atom. The summed E-state index contributed by atoms with van der Waals surface area (Å²) < 4.78 is 4.73. The van der Waals surface area contributed by atoms with E-state index in [1.165, 1.54) is 48.4 Å². The Morgan fingerprint density at radius 3 is 2.03 bits per heavy atom. The highest BCUT2D eigenvalue weighted by Crippen LogP contribution is 2.32. The number of rotatable bonds is 9. The Balaban J connectivity index is 1.22. The summed E-state index contributed by atoms with van der Waals surface area (Å²) in [5.74, 6) is 2.38. The third-order valence-electron chi connectivity index (χ3n) is 8.41. The number of aryl methyl sites for hydroxylation is 2. The van der Waals surface area contributed by atoms with Gasteiger partial charge >= 0.3 is 0 Å². The second kappa shape index (κ2) is 10.3. The first-order valence-electron chi connectivity index (χ1n) is 13.8. The molecule has 2 aliphatic rings. The molecule has 2 N–H and O–H groups in total. The predicted octanol–water partition coefficient (Wildman–Crippen LogP) is 4.29. The highest BCUT2D eigenvalue weighted by molar-refractivity contribution is 5.76. The average molecular weight is 486 g/mol. The van der Waals surface area contributed by atoms with Gasteiger partial charge in [-0.3, -0.25) is 9.80 Å². The maximum Gasteiger partial charge on any atom is 0.124 e. The summed E-state index contributed by atoms with van der Waals surface area (Å²) in [5, 5.41) is 0.